The SMILES string of the molecule is CCCCCCC(C)NC(=O)c1ccc(OC)nc1. The van der Waals surface area contributed by atoms with Gasteiger partial charge >= 0.3 is 0 Å². The van der Waals surface area contributed by atoms with E-state index in [1.54, 1.807) is 19.2 Å². The Kier molecular flexibility index (Phi) is 6.93. The third-order valence-electron chi connectivity index (χ3n) is 3.08. The van der Waals surface area contributed by atoms with Crippen molar-refractivity contribution in [1.82, 2.24) is 10.3 Å². The summed E-state index contributed by atoms with van der Waals surface area (Å²) < 4.78 is 4.96. The lowest BCUT2D eigenvalue weighted by Gasteiger charge is -2.13. The summed E-state index contributed by atoms with van der Waals surface area (Å²) in [4.78, 5) is 16.0. The second kappa shape index (κ2) is 8.51. The maximum atomic E-state index is 12.0. The second-order valence-electron chi connectivity index (χ2n) is 4.81. The van der Waals surface area contributed by atoms with E-state index in [0.29, 0.717) is 11.4 Å². The lowest BCUT2D eigenvalue weighted by atomic mass is 10.1. The number of hydrogen-bond acceptors (Lipinski definition) is 3. The van der Waals surface area contributed by atoms with Gasteiger partial charge in [-0.05, 0) is 19.4 Å². The highest BCUT2D eigenvalue weighted by Crippen LogP contribution is 2.08. The molecule has 1 unspecified atom stereocenters. The first-order chi connectivity index (χ1) is 9.17. The highest BCUT2D eigenvalue weighted by molar-refractivity contribution is 5.94. The Balaban J connectivity index is 2.36. The van der Waals surface area contributed by atoms with Crippen molar-refractivity contribution in [3.05, 3.63) is 23.9 Å². The van der Waals surface area contributed by atoms with Gasteiger partial charge in [-0.25, -0.2) is 4.98 Å². The number of hydrogen-bond donors (Lipinski definition) is 1. The van der Waals surface area contributed by atoms with Crippen molar-refractivity contribution in [3.63, 3.8) is 0 Å². The van der Waals surface area contributed by atoms with Crippen molar-refractivity contribution >= 4 is 5.91 Å². The molecule has 0 aliphatic heterocycles. The molecule has 1 aromatic rings. The van der Waals surface area contributed by atoms with Gasteiger partial charge in [-0.15, -0.1) is 0 Å². The number of aromatic nitrogens is 1. The molecule has 1 amide bonds. The van der Waals surface area contributed by atoms with Crippen LogP contribution < -0.4 is 10.1 Å². The van der Waals surface area contributed by atoms with Crippen LogP contribution in [0.4, 0.5) is 0 Å². The van der Waals surface area contributed by atoms with Gasteiger partial charge in [-0.3, -0.25) is 4.79 Å². The number of ether oxygens (including phenoxy) is 1. The highest BCUT2D eigenvalue weighted by atomic mass is 16.5. The number of rotatable bonds is 8. The van der Waals surface area contributed by atoms with Crippen LogP contribution in [0.25, 0.3) is 0 Å². The normalized spacial score (nSPS) is 11.9. The average Bonchev–Trinajstić information content (AvgIpc) is 2.43. The minimum atomic E-state index is -0.0712. The molecular weight excluding hydrogens is 240 g/mol. The van der Waals surface area contributed by atoms with Crippen molar-refractivity contribution < 1.29 is 9.53 Å². The van der Waals surface area contributed by atoms with E-state index in [0.717, 1.165) is 12.8 Å². The summed E-state index contributed by atoms with van der Waals surface area (Å²) in [6.07, 6.45) is 7.46. The van der Waals surface area contributed by atoms with E-state index >= 15 is 0 Å². The minimum absolute atomic E-state index is 0.0712. The number of unbranched alkanes of at least 4 members (excludes halogenated alkanes) is 3. The van der Waals surface area contributed by atoms with E-state index in [-0.39, 0.29) is 11.9 Å². The Bertz CT molecular complexity index is 376. The molecule has 1 atom stereocenters. The minimum Gasteiger partial charge on any atom is -0.481 e. The van der Waals surface area contributed by atoms with Gasteiger partial charge in [0.25, 0.3) is 5.91 Å². The Hall–Kier alpha value is -1.58. The van der Waals surface area contributed by atoms with Crippen LogP contribution in [0.15, 0.2) is 18.3 Å². The third kappa shape index (κ3) is 5.73. The first-order valence-corrected chi connectivity index (χ1v) is 6.98. The third-order valence-corrected chi connectivity index (χ3v) is 3.08. The van der Waals surface area contributed by atoms with Crippen LogP contribution in [0, 0.1) is 0 Å². The van der Waals surface area contributed by atoms with Crippen molar-refractivity contribution in [3.8, 4) is 5.88 Å². The largest absolute Gasteiger partial charge is 0.481 e. The topological polar surface area (TPSA) is 51.2 Å². The molecule has 1 N–H and O–H groups in total. The summed E-state index contributed by atoms with van der Waals surface area (Å²) in [5.41, 5.74) is 0.571. The lowest BCUT2D eigenvalue weighted by molar-refractivity contribution is 0.0937. The standard InChI is InChI=1S/C15H24N2O2/c1-4-5-6-7-8-12(2)17-15(18)13-9-10-14(19-3)16-11-13/h9-12H,4-8H2,1-3H3,(H,17,18). The summed E-state index contributed by atoms with van der Waals surface area (Å²) in [6, 6.07) is 3.62. The number of amides is 1. The molecule has 0 aliphatic rings. The lowest BCUT2D eigenvalue weighted by Crippen LogP contribution is -2.32. The van der Waals surface area contributed by atoms with E-state index in [4.69, 9.17) is 4.74 Å². The Morgan fingerprint density at radius 2 is 2.16 bits per heavy atom. The number of methoxy groups -OCH3 is 1. The molecule has 1 rings (SSSR count). The van der Waals surface area contributed by atoms with E-state index in [9.17, 15) is 4.79 Å². The van der Waals surface area contributed by atoms with Crippen LogP contribution in [0.2, 0.25) is 0 Å². The molecule has 1 aromatic heterocycles. The van der Waals surface area contributed by atoms with Gasteiger partial charge in [0.15, 0.2) is 0 Å². The predicted molar refractivity (Wildman–Crippen MR) is 76.5 cm³/mol. The molecule has 0 bridgehead atoms. The van der Waals surface area contributed by atoms with Crippen molar-refractivity contribution in [1.29, 1.82) is 0 Å². The molecule has 0 aliphatic carbocycles. The van der Waals surface area contributed by atoms with Gasteiger partial charge in [-0.2, -0.15) is 0 Å². The Morgan fingerprint density at radius 3 is 2.74 bits per heavy atom. The summed E-state index contributed by atoms with van der Waals surface area (Å²) in [5, 5.41) is 2.99. The Morgan fingerprint density at radius 1 is 1.37 bits per heavy atom. The number of pyridine rings is 1. The maximum absolute atomic E-state index is 12.0. The molecule has 106 valence electrons. The molecule has 0 saturated carbocycles. The summed E-state index contributed by atoms with van der Waals surface area (Å²) in [7, 11) is 1.56. The second-order valence-corrected chi connectivity index (χ2v) is 4.81. The van der Waals surface area contributed by atoms with Crippen LogP contribution in [0.3, 0.4) is 0 Å². The quantitative estimate of drug-likeness (QED) is 0.734. The first-order valence-electron chi connectivity index (χ1n) is 6.98. The predicted octanol–water partition coefficient (Wildman–Crippen LogP) is 3.18. The molecular formula is C15H24N2O2. The van der Waals surface area contributed by atoms with E-state index in [2.05, 4.69) is 17.2 Å². The molecule has 19 heavy (non-hydrogen) atoms. The smallest absolute Gasteiger partial charge is 0.253 e. The monoisotopic (exact) mass is 264 g/mol. The van der Waals surface area contributed by atoms with Crippen molar-refractivity contribution in [2.75, 3.05) is 7.11 Å². The van der Waals surface area contributed by atoms with E-state index in [1.165, 1.54) is 25.5 Å². The van der Waals surface area contributed by atoms with Crippen LogP contribution in [0.5, 0.6) is 5.88 Å². The van der Waals surface area contributed by atoms with Crippen LogP contribution in [-0.2, 0) is 0 Å². The average molecular weight is 264 g/mol. The van der Waals surface area contributed by atoms with Gasteiger partial charge in [0.2, 0.25) is 5.88 Å². The van der Waals surface area contributed by atoms with Crippen molar-refractivity contribution in [2.24, 2.45) is 0 Å². The zero-order chi connectivity index (χ0) is 14.1. The molecule has 0 spiro atoms. The highest BCUT2D eigenvalue weighted by Gasteiger charge is 2.10. The van der Waals surface area contributed by atoms with Gasteiger partial charge < -0.3 is 10.1 Å². The van der Waals surface area contributed by atoms with Crippen LogP contribution in [-0.4, -0.2) is 24.0 Å². The molecule has 0 radical (unpaired) electrons. The molecule has 0 fully saturated rings. The number of carbonyl (C=O) groups excluding carboxylic acids is 1. The fourth-order valence-electron chi connectivity index (χ4n) is 1.89. The molecule has 4 nitrogen and oxygen atoms in total. The van der Waals surface area contributed by atoms with E-state index < -0.39 is 0 Å². The fourth-order valence-corrected chi connectivity index (χ4v) is 1.89. The van der Waals surface area contributed by atoms with Crippen LogP contribution in [0.1, 0.15) is 56.3 Å². The fraction of sp³-hybridized carbons (Fsp3) is 0.600. The van der Waals surface area contributed by atoms with E-state index in [1.807, 2.05) is 6.92 Å². The summed E-state index contributed by atoms with van der Waals surface area (Å²) >= 11 is 0. The number of carbonyl (C=O) groups is 1. The van der Waals surface area contributed by atoms with Gasteiger partial charge in [0.1, 0.15) is 0 Å². The van der Waals surface area contributed by atoms with Gasteiger partial charge in [-0.1, -0.05) is 32.6 Å². The molecule has 1 heterocycles. The van der Waals surface area contributed by atoms with Gasteiger partial charge in [0.05, 0.1) is 12.7 Å². The number of nitrogens with zero attached hydrogens (tertiary/aromatic N) is 1. The maximum Gasteiger partial charge on any atom is 0.253 e. The zero-order valence-electron chi connectivity index (χ0n) is 12.1. The van der Waals surface area contributed by atoms with Crippen LogP contribution >= 0.6 is 0 Å². The summed E-state index contributed by atoms with van der Waals surface area (Å²) in [6.45, 7) is 4.24. The first kappa shape index (κ1) is 15.5. The summed E-state index contributed by atoms with van der Waals surface area (Å²) in [5.74, 6) is 0.447. The molecule has 4 heteroatoms. The zero-order valence-corrected chi connectivity index (χ0v) is 12.1. The van der Waals surface area contributed by atoms with Gasteiger partial charge in [0, 0.05) is 18.3 Å². The number of nitrogens with one attached hydrogen (secondary N) is 1. The molecule has 0 aromatic carbocycles. The Labute approximate surface area is 115 Å². The van der Waals surface area contributed by atoms with Crippen molar-refractivity contribution in [2.45, 2.75) is 52.0 Å². The molecule has 0 saturated heterocycles.